The SMILES string of the molecule is Cc1ccc(OCCNC(=O)[C@@H]2CN(S(=O)(=O)c3ccccc3)c3cc(Cl)ccc3O2)c(C)c1. The molecule has 0 aliphatic carbocycles. The molecule has 0 fully saturated rings. The molecular formula is C25H25ClN2O5S. The van der Waals surface area contributed by atoms with Gasteiger partial charge in [-0.2, -0.15) is 0 Å². The predicted octanol–water partition coefficient (Wildman–Crippen LogP) is 4.11. The Labute approximate surface area is 204 Å². The standard InChI is InChI=1S/C25H25ClN2O5S/c1-17-8-10-22(18(2)14-17)32-13-12-27-25(29)24-16-28(21-15-19(26)9-11-23(21)33-24)34(30,31)20-6-4-3-5-7-20/h3-11,14-15,24H,12-13,16H2,1-2H3,(H,27,29)/t24-/m0/s1. The first-order chi connectivity index (χ1) is 16.3. The summed E-state index contributed by atoms with van der Waals surface area (Å²) in [5.74, 6) is 0.583. The van der Waals surface area contributed by atoms with Gasteiger partial charge in [0.05, 0.1) is 23.7 Å². The summed E-state index contributed by atoms with van der Waals surface area (Å²) in [7, 11) is -3.94. The van der Waals surface area contributed by atoms with Crippen molar-refractivity contribution in [1.82, 2.24) is 5.32 Å². The van der Waals surface area contributed by atoms with Gasteiger partial charge in [-0.1, -0.05) is 47.5 Å². The Bertz CT molecular complexity index is 1300. The van der Waals surface area contributed by atoms with Crippen molar-refractivity contribution >= 4 is 33.2 Å². The van der Waals surface area contributed by atoms with Gasteiger partial charge >= 0.3 is 0 Å². The molecule has 3 aromatic carbocycles. The average Bonchev–Trinajstić information content (AvgIpc) is 2.82. The van der Waals surface area contributed by atoms with Crippen LogP contribution in [0, 0.1) is 13.8 Å². The van der Waals surface area contributed by atoms with Crippen LogP contribution in [0.3, 0.4) is 0 Å². The molecule has 1 heterocycles. The fourth-order valence-electron chi connectivity index (χ4n) is 3.72. The minimum Gasteiger partial charge on any atom is -0.491 e. The number of anilines is 1. The second kappa shape index (κ2) is 9.95. The molecule has 1 aliphatic rings. The Hall–Kier alpha value is -3.23. The highest BCUT2D eigenvalue weighted by molar-refractivity contribution is 7.92. The number of ether oxygens (including phenoxy) is 2. The molecule has 0 radical (unpaired) electrons. The summed E-state index contributed by atoms with van der Waals surface area (Å²) >= 11 is 6.12. The number of amides is 1. The van der Waals surface area contributed by atoms with Crippen molar-refractivity contribution in [1.29, 1.82) is 0 Å². The van der Waals surface area contributed by atoms with Gasteiger partial charge in [-0.05, 0) is 55.8 Å². The van der Waals surface area contributed by atoms with Crippen LogP contribution < -0.4 is 19.1 Å². The number of fused-ring (bicyclic) bond motifs is 1. The van der Waals surface area contributed by atoms with E-state index in [0.717, 1.165) is 16.9 Å². The van der Waals surface area contributed by atoms with Gasteiger partial charge in [0.1, 0.15) is 18.1 Å². The lowest BCUT2D eigenvalue weighted by Gasteiger charge is -2.34. The second-order valence-electron chi connectivity index (χ2n) is 7.98. The van der Waals surface area contributed by atoms with E-state index in [1.165, 1.54) is 22.5 Å². The van der Waals surface area contributed by atoms with Crippen molar-refractivity contribution in [2.45, 2.75) is 24.8 Å². The smallest absolute Gasteiger partial charge is 0.264 e. The lowest BCUT2D eigenvalue weighted by molar-refractivity contribution is -0.127. The van der Waals surface area contributed by atoms with Gasteiger partial charge in [-0.25, -0.2) is 8.42 Å². The van der Waals surface area contributed by atoms with Crippen LogP contribution in [0.5, 0.6) is 11.5 Å². The van der Waals surface area contributed by atoms with E-state index in [-0.39, 0.29) is 30.3 Å². The molecule has 1 atom stereocenters. The topological polar surface area (TPSA) is 84.9 Å². The van der Waals surface area contributed by atoms with Crippen LogP contribution in [0.15, 0.2) is 71.6 Å². The highest BCUT2D eigenvalue weighted by Crippen LogP contribution is 2.38. The summed E-state index contributed by atoms with van der Waals surface area (Å²) in [5, 5.41) is 3.13. The Morgan fingerprint density at radius 3 is 2.62 bits per heavy atom. The highest BCUT2D eigenvalue weighted by atomic mass is 35.5. The fourth-order valence-corrected chi connectivity index (χ4v) is 5.37. The van der Waals surface area contributed by atoms with E-state index in [1.54, 1.807) is 30.3 Å². The Balaban J connectivity index is 1.47. The average molecular weight is 501 g/mol. The summed E-state index contributed by atoms with van der Waals surface area (Å²) < 4.78 is 39.5. The largest absolute Gasteiger partial charge is 0.491 e. The number of nitrogens with zero attached hydrogens (tertiary/aromatic N) is 1. The number of hydrogen-bond acceptors (Lipinski definition) is 5. The summed E-state index contributed by atoms with van der Waals surface area (Å²) in [4.78, 5) is 13.0. The number of benzene rings is 3. The predicted molar refractivity (Wildman–Crippen MR) is 131 cm³/mol. The van der Waals surface area contributed by atoms with E-state index >= 15 is 0 Å². The van der Waals surface area contributed by atoms with Gasteiger partial charge in [0.15, 0.2) is 6.10 Å². The number of carbonyl (C=O) groups excluding carboxylic acids is 1. The third kappa shape index (κ3) is 5.13. The molecule has 0 bridgehead atoms. The first kappa shape index (κ1) is 23.9. The molecule has 0 aromatic heterocycles. The molecular weight excluding hydrogens is 476 g/mol. The lowest BCUT2D eigenvalue weighted by atomic mass is 10.1. The minimum atomic E-state index is -3.94. The van der Waals surface area contributed by atoms with Crippen molar-refractivity contribution in [3.8, 4) is 11.5 Å². The van der Waals surface area contributed by atoms with Crippen LogP contribution in [-0.4, -0.2) is 40.1 Å². The van der Waals surface area contributed by atoms with Gasteiger partial charge in [-0.15, -0.1) is 0 Å². The van der Waals surface area contributed by atoms with Gasteiger partial charge in [0.2, 0.25) is 0 Å². The molecule has 0 saturated carbocycles. The summed E-state index contributed by atoms with van der Waals surface area (Å²) in [6.45, 7) is 4.29. The number of carbonyl (C=O) groups is 1. The monoisotopic (exact) mass is 500 g/mol. The van der Waals surface area contributed by atoms with Crippen LogP contribution in [0.1, 0.15) is 11.1 Å². The van der Waals surface area contributed by atoms with Gasteiger partial charge in [-0.3, -0.25) is 9.10 Å². The molecule has 1 aliphatic heterocycles. The minimum absolute atomic E-state index is 0.115. The van der Waals surface area contributed by atoms with Crippen molar-refractivity contribution < 1.29 is 22.7 Å². The molecule has 9 heteroatoms. The Morgan fingerprint density at radius 1 is 1.12 bits per heavy atom. The molecule has 3 aromatic rings. The van der Waals surface area contributed by atoms with Crippen LogP contribution >= 0.6 is 11.6 Å². The van der Waals surface area contributed by atoms with Gasteiger partial charge in [0.25, 0.3) is 15.9 Å². The number of nitrogens with one attached hydrogen (secondary N) is 1. The number of halogens is 1. The maximum Gasteiger partial charge on any atom is 0.264 e. The first-order valence-corrected chi connectivity index (χ1v) is 12.6. The molecule has 7 nitrogen and oxygen atoms in total. The molecule has 34 heavy (non-hydrogen) atoms. The third-order valence-corrected chi connectivity index (χ3v) is 7.43. The molecule has 1 N–H and O–H groups in total. The molecule has 4 rings (SSSR count). The summed E-state index contributed by atoms with van der Waals surface area (Å²) in [6.07, 6.45) is -1.03. The van der Waals surface area contributed by atoms with Crippen molar-refractivity contribution in [3.63, 3.8) is 0 Å². The van der Waals surface area contributed by atoms with Crippen LogP contribution in [0.2, 0.25) is 5.02 Å². The van der Waals surface area contributed by atoms with E-state index in [9.17, 15) is 13.2 Å². The molecule has 0 saturated heterocycles. The normalized spacial score (nSPS) is 15.3. The second-order valence-corrected chi connectivity index (χ2v) is 10.3. The summed E-state index contributed by atoms with van der Waals surface area (Å²) in [5.41, 5.74) is 2.45. The molecule has 0 spiro atoms. The number of hydrogen-bond donors (Lipinski definition) is 1. The Morgan fingerprint density at radius 2 is 1.88 bits per heavy atom. The van der Waals surface area contributed by atoms with Crippen LogP contribution in [0.4, 0.5) is 5.69 Å². The van der Waals surface area contributed by atoms with E-state index in [1.807, 2.05) is 32.0 Å². The molecule has 178 valence electrons. The summed E-state index contributed by atoms with van der Waals surface area (Å²) in [6, 6.07) is 18.6. The van der Waals surface area contributed by atoms with Gasteiger partial charge in [0, 0.05) is 5.02 Å². The maximum absolute atomic E-state index is 13.4. The quantitative estimate of drug-likeness (QED) is 0.493. The van der Waals surface area contributed by atoms with E-state index < -0.39 is 22.0 Å². The number of rotatable bonds is 7. The highest BCUT2D eigenvalue weighted by Gasteiger charge is 2.37. The number of aryl methyl sites for hydroxylation is 2. The van der Waals surface area contributed by atoms with Crippen molar-refractivity contribution in [3.05, 3.63) is 82.9 Å². The van der Waals surface area contributed by atoms with Crippen molar-refractivity contribution in [2.75, 3.05) is 24.0 Å². The Kier molecular flexibility index (Phi) is 7.00. The maximum atomic E-state index is 13.4. The van der Waals surface area contributed by atoms with Crippen molar-refractivity contribution in [2.24, 2.45) is 0 Å². The zero-order chi connectivity index (χ0) is 24.3. The van der Waals surface area contributed by atoms with Crippen LogP contribution in [-0.2, 0) is 14.8 Å². The van der Waals surface area contributed by atoms with Gasteiger partial charge < -0.3 is 14.8 Å². The van der Waals surface area contributed by atoms with E-state index in [4.69, 9.17) is 21.1 Å². The van der Waals surface area contributed by atoms with Crippen LogP contribution in [0.25, 0.3) is 0 Å². The molecule has 1 amide bonds. The van der Waals surface area contributed by atoms with E-state index in [0.29, 0.717) is 10.7 Å². The molecule has 0 unspecified atom stereocenters. The fraction of sp³-hybridized carbons (Fsp3) is 0.240. The lowest BCUT2D eigenvalue weighted by Crippen LogP contribution is -2.51. The zero-order valence-corrected chi connectivity index (χ0v) is 20.4. The van der Waals surface area contributed by atoms with E-state index in [2.05, 4.69) is 5.32 Å². The first-order valence-electron chi connectivity index (χ1n) is 10.8. The third-order valence-electron chi connectivity index (χ3n) is 5.40. The zero-order valence-electron chi connectivity index (χ0n) is 18.8. The number of sulfonamides is 1.